The van der Waals surface area contributed by atoms with Gasteiger partial charge >= 0.3 is 0 Å². The monoisotopic (exact) mass is 347 g/mol. The van der Waals surface area contributed by atoms with Crippen molar-refractivity contribution in [2.45, 2.75) is 33.3 Å². The first kappa shape index (κ1) is 18.1. The summed E-state index contributed by atoms with van der Waals surface area (Å²) in [5.41, 5.74) is 2.28. The first-order valence-electron chi connectivity index (χ1n) is 7.89. The Morgan fingerprint density at radius 3 is 2.58 bits per heavy atom. The molecule has 0 aromatic heterocycles. The van der Waals surface area contributed by atoms with Crippen molar-refractivity contribution in [1.82, 2.24) is 0 Å². The maximum atomic E-state index is 12.6. The molecule has 2 rings (SSSR count). The molecule has 0 radical (unpaired) electrons. The number of halogens is 1. The third-order valence-corrected chi connectivity index (χ3v) is 3.77. The Kier molecular flexibility index (Phi) is 6.10. The number of para-hydroxylation sites is 1. The van der Waals surface area contributed by atoms with E-state index in [0.717, 1.165) is 17.7 Å². The molecule has 2 aromatic rings. The molecule has 0 fully saturated rings. The summed E-state index contributed by atoms with van der Waals surface area (Å²) in [5.74, 6) is 0.636. The molecule has 0 atom stereocenters. The van der Waals surface area contributed by atoms with Crippen molar-refractivity contribution in [2.75, 3.05) is 12.4 Å². The molecule has 0 bridgehead atoms. The maximum Gasteiger partial charge on any atom is 0.255 e. The zero-order valence-corrected chi connectivity index (χ0v) is 15.1. The zero-order valence-electron chi connectivity index (χ0n) is 14.4. The fraction of sp³-hybridized carbons (Fsp3) is 0.316. The minimum Gasteiger partial charge on any atom is -0.493 e. The highest BCUT2D eigenvalue weighted by Crippen LogP contribution is 2.37. The first-order valence-corrected chi connectivity index (χ1v) is 8.27. The smallest absolute Gasteiger partial charge is 0.255 e. The van der Waals surface area contributed by atoms with E-state index in [0.29, 0.717) is 22.1 Å². The molecule has 128 valence electrons. The van der Waals surface area contributed by atoms with Gasteiger partial charge < -0.3 is 14.8 Å². The van der Waals surface area contributed by atoms with Gasteiger partial charge in [-0.3, -0.25) is 4.79 Å². The summed E-state index contributed by atoms with van der Waals surface area (Å²) in [6.07, 6.45) is 0.786. The highest BCUT2D eigenvalue weighted by Gasteiger charge is 2.17. The van der Waals surface area contributed by atoms with E-state index in [1.165, 1.54) is 7.11 Å². The number of carbonyl (C=O) groups is 1. The second kappa shape index (κ2) is 8.06. The largest absolute Gasteiger partial charge is 0.493 e. The van der Waals surface area contributed by atoms with Gasteiger partial charge in [0.15, 0.2) is 11.5 Å². The Hall–Kier alpha value is -2.20. The highest BCUT2D eigenvalue weighted by molar-refractivity contribution is 6.32. The lowest BCUT2D eigenvalue weighted by Gasteiger charge is -2.16. The number of nitrogens with one attached hydrogen (secondary N) is 1. The van der Waals surface area contributed by atoms with Crippen LogP contribution in [0, 0.1) is 0 Å². The van der Waals surface area contributed by atoms with Crippen LogP contribution < -0.4 is 14.8 Å². The van der Waals surface area contributed by atoms with E-state index >= 15 is 0 Å². The van der Waals surface area contributed by atoms with E-state index in [9.17, 15) is 4.79 Å². The summed E-state index contributed by atoms with van der Waals surface area (Å²) in [6.45, 7) is 5.85. The number of hydrogen-bond donors (Lipinski definition) is 1. The summed E-state index contributed by atoms with van der Waals surface area (Å²) in [5, 5.41) is 3.27. The van der Waals surface area contributed by atoms with Crippen molar-refractivity contribution in [3.8, 4) is 11.5 Å². The van der Waals surface area contributed by atoms with Gasteiger partial charge in [-0.15, -0.1) is 0 Å². The van der Waals surface area contributed by atoms with Crippen molar-refractivity contribution in [3.63, 3.8) is 0 Å². The van der Waals surface area contributed by atoms with E-state index in [1.807, 2.05) is 45.0 Å². The number of aryl methyl sites for hydroxylation is 1. The van der Waals surface area contributed by atoms with Gasteiger partial charge in [-0.25, -0.2) is 0 Å². The minimum absolute atomic E-state index is 0.0486. The lowest BCUT2D eigenvalue weighted by molar-refractivity contribution is 0.102. The second-order valence-corrected chi connectivity index (χ2v) is 6.03. The average molecular weight is 348 g/mol. The Morgan fingerprint density at radius 1 is 1.25 bits per heavy atom. The molecule has 4 nitrogen and oxygen atoms in total. The quantitative estimate of drug-likeness (QED) is 0.804. The summed E-state index contributed by atoms with van der Waals surface area (Å²) < 4.78 is 11.0. The van der Waals surface area contributed by atoms with Gasteiger partial charge in [0.1, 0.15) is 0 Å². The molecular weight excluding hydrogens is 326 g/mol. The van der Waals surface area contributed by atoms with Crippen molar-refractivity contribution in [2.24, 2.45) is 0 Å². The SMILES string of the molecule is CCc1ccccc1NC(=O)c1cc(Cl)c(OC(C)C)c(OC)c1. The van der Waals surface area contributed by atoms with Crippen LogP contribution in [0.5, 0.6) is 11.5 Å². The molecule has 24 heavy (non-hydrogen) atoms. The molecule has 0 aliphatic rings. The average Bonchev–Trinajstić information content (AvgIpc) is 2.56. The summed E-state index contributed by atoms with van der Waals surface area (Å²) in [7, 11) is 1.52. The first-order chi connectivity index (χ1) is 11.5. The van der Waals surface area contributed by atoms with Crippen LogP contribution in [-0.4, -0.2) is 19.1 Å². The molecule has 1 N–H and O–H groups in total. The van der Waals surface area contributed by atoms with Gasteiger partial charge in [0, 0.05) is 11.3 Å². The van der Waals surface area contributed by atoms with Crippen molar-refractivity contribution in [1.29, 1.82) is 0 Å². The lowest BCUT2D eigenvalue weighted by Crippen LogP contribution is -2.14. The van der Waals surface area contributed by atoms with E-state index in [1.54, 1.807) is 12.1 Å². The van der Waals surface area contributed by atoms with Crippen LogP contribution in [0.3, 0.4) is 0 Å². The molecule has 0 spiro atoms. The number of hydrogen-bond acceptors (Lipinski definition) is 3. The summed E-state index contributed by atoms with van der Waals surface area (Å²) in [4.78, 5) is 12.6. The Morgan fingerprint density at radius 2 is 1.96 bits per heavy atom. The number of carbonyl (C=O) groups excluding carboxylic acids is 1. The molecule has 0 heterocycles. The number of methoxy groups -OCH3 is 1. The second-order valence-electron chi connectivity index (χ2n) is 5.62. The fourth-order valence-corrected chi connectivity index (χ4v) is 2.60. The highest BCUT2D eigenvalue weighted by atomic mass is 35.5. The van der Waals surface area contributed by atoms with Crippen molar-refractivity contribution in [3.05, 3.63) is 52.5 Å². The Balaban J connectivity index is 2.31. The predicted molar refractivity (Wildman–Crippen MR) is 97.5 cm³/mol. The van der Waals surface area contributed by atoms with E-state index < -0.39 is 0 Å². The maximum absolute atomic E-state index is 12.6. The molecule has 0 unspecified atom stereocenters. The molecule has 1 amide bonds. The molecular formula is C19H22ClNO3. The predicted octanol–water partition coefficient (Wildman–Crippen LogP) is 4.95. The normalized spacial score (nSPS) is 10.6. The van der Waals surface area contributed by atoms with Gasteiger partial charge in [0.2, 0.25) is 0 Å². The molecule has 0 aliphatic heterocycles. The van der Waals surface area contributed by atoms with E-state index in [2.05, 4.69) is 5.32 Å². The minimum atomic E-state index is -0.243. The van der Waals surface area contributed by atoms with Crippen molar-refractivity contribution >= 4 is 23.2 Å². The van der Waals surface area contributed by atoms with Crippen LogP contribution in [-0.2, 0) is 6.42 Å². The fourth-order valence-electron chi connectivity index (χ4n) is 2.35. The summed E-state index contributed by atoms with van der Waals surface area (Å²) in [6, 6.07) is 10.9. The van der Waals surface area contributed by atoms with Crippen LogP contribution in [0.15, 0.2) is 36.4 Å². The van der Waals surface area contributed by atoms with Gasteiger partial charge in [0.05, 0.1) is 18.2 Å². The molecule has 0 saturated carbocycles. The van der Waals surface area contributed by atoms with Crippen LogP contribution in [0.2, 0.25) is 5.02 Å². The number of benzene rings is 2. The van der Waals surface area contributed by atoms with Crippen molar-refractivity contribution < 1.29 is 14.3 Å². The number of amides is 1. The molecule has 5 heteroatoms. The molecule has 0 saturated heterocycles. The summed E-state index contributed by atoms with van der Waals surface area (Å²) >= 11 is 6.28. The molecule has 2 aromatic carbocycles. The zero-order chi connectivity index (χ0) is 17.7. The Bertz CT molecular complexity index is 729. The van der Waals surface area contributed by atoms with Gasteiger partial charge in [-0.05, 0) is 44.0 Å². The number of anilines is 1. The van der Waals surface area contributed by atoms with Gasteiger partial charge in [-0.1, -0.05) is 36.7 Å². The standard InChI is InChI=1S/C19H22ClNO3/c1-5-13-8-6-7-9-16(13)21-19(22)14-10-15(20)18(24-12(2)3)17(11-14)23-4/h6-12H,5H2,1-4H3,(H,21,22). The third kappa shape index (κ3) is 4.20. The van der Waals surface area contributed by atoms with Crippen LogP contribution >= 0.6 is 11.6 Å². The molecule has 0 aliphatic carbocycles. The van der Waals surface area contributed by atoms with Crippen LogP contribution in [0.25, 0.3) is 0 Å². The van der Waals surface area contributed by atoms with Gasteiger partial charge in [0.25, 0.3) is 5.91 Å². The Labute approximate surface area is 147 Å². The number of ether oxygens (including phenoxy) is 2. The van der Waals surface area contributed by atoms with Crippen LogP contribution in [0.1, 0.15) is 36.7 Å². The topological polar surface area (TPSA) is 47.6 Å². The van der Waals surface area contributed by atoms with E-state index in [4.69, 9.17) is 21.1 Å². The van der Waals surface area contributed by atoms with Gasteiger partial charge in [-0.2, -0.15) is 0 Å². The lowest BCUT2D eigenvalue weighted by atomic mass is 10.1. The van der Waals surface area contributed by atoms with E-state index in [-0.39, 0.29) is 12.0 Å². The third-order valence-electron chi connectivity index (χ3n) is 3.49. The van der Waals surface area contributed by atoms with Crippen LogP contribution in [0.4, 0.5) is 5.69 Å². The number of rotatable bonds is 6.